The molecule has 2 aromatic rings. The quantitative estimate of drug-likeness (QED) is 0.688. The molecule has 1 heterocycles. The SMILES string of the molecule is Cl.N[C@@H](c1cccs1)c1ccccc1[N+](=O)[O-]. The molecular weight excluding hydrogens is 260 g/mol. The van der Waals surface area contributed by atoms with Crippen LogP contribution in [0.25, 0.3) is 0 Å². The van der Waals surface area contributed by atoms with Crippen molar-refractivity contribution in [2.24, 2.45) is 5.73 Å². The average Bonchev–Trinajstić information content (AvgIpc) is 2.81. The Morgan fingerprint density at radius 3 is 2.53 bits per heavy atom. The van der Waals surface area contributed by atoms with E-state index in [2.05, 4.69) is 0 Å². The van der Waals surface area contributed by atoms with Crippen LogP contribution in [0, 0.1) is 10.1 Å². The summed E-state index contributed by atoms with van der Waals surface area (Å²) in [6.07, 6.45) is 0. The number of nitrogens with zero attached hydrogens (tertiary/aromatic N) is 1. The van der Waals surface area contributed by atoms with Crippen LogP contribution < -0.4 is 5.73 Å². The maximum absolute atomic E-state index is 10.8. The molecule has 0 spiro atoms. The van der Waals surface area contributed by atoms with Crippen molar-refractivity contribution >= 4 is 29.4 Å². The van der Waals surface area contributed by atoms with Gasteiger partial charge in [0.25, 0.3) is 5.69 Å². The zero-order chi connectivity index (χ0) is 11.5. The fraction of sp³-hybridized carbons (Fsp3) is 0.0909. The van der Waals surface area contributed by atoms with Crippen molar-refractivity contribution in [3.8, 4) is 0 Å². The molecule has 1 atom stereocenters. The lowest BCUT2D eigenvalue weighted by molar-refractivity contribution is -0.385. The van der Waals surface area contributed by atoms with Gasteiger partial charge in [0.1, 0.15) is 0 Å². The van der Waals surface area contributed by atoms with Crippen LogP contribution in [-0.2, 0) is 0 Å². The van der Waals surface area contributed by atoms with Gasteiger partial charge in [-0.15, -0.1) is 23.7 Å². The van der Waals surface area contributed by atoms with E-state index in [1.165, 1.54) is 17.4 Å². The van der Waals surface area contributed by atoms with Crippen molar-refractivity contribution in [1.82, 2.24) is 0 Å². The molecule has 2 N–H and O–H groups in total. The molecule has 0 aliphatic rings. The number of hydrogen-bond donors (Lipinski definition) is 1. The molecular formula is C11H11ClN2O2S. The molecule has 0 aliphatic carbocycles. The van der Waals surface area contributed by atoms with E-state index >= 15 is 0 Å². The van der Waals surface area contributed by atoms with E-state index in [9.17, 15) is 10.1 Å². The maximum atomic E-state index is 10.8. The average molecular weight is 271 g/mol. The van der Waals surface area contributed by atoms with Gasteiger partial charge in [0.2, 0.25) is 0 Å². The van der Waals surface area contributed by atoms with Crippen LogP contribution in [0.15, 0.2) is 41.8 Å². The number of hydrogen-bond acceptors (Lipinski definition) is 4. The molecule has 1 aromatic heterocycles. The Hall–Kier alpha value is -1.43. The molecule has 90 valence electrons. The van der Waals surface area contributed by atoms with Crippen molar-refractivity contribution in [1.29, 1.82) is 0 Å². The second-order valence-electron chi connectivity index (χ2n) is 3.31. The van der Waals surface area contributed by atoms with Gasteiger partial charge in [-0.1, -0.05) is 24.3 Å². The molecule has 0 aliphatic heterocycles. The number of halogens is 1. The number of rotatable bonds is 3. The lowest BCUT2D eigenvalue weighted by Gasteiger charge is -2.09. The van der Waals surface area contributed by atoms with Gasteiger partial charge in [-0.25, -0.2) is 0 Å². The minimum atomic E-state index is -0.429. The molecule has 0 radical (unpaired) electrons. The van der Waals surface area contributed by atoms with Crippen LogP contribution in [0.4, 0.5) is 5.69 Å². The Balaban J connectivity index is 0.00000144. The van der Waals surface area contributed by atoms with Crippen molar-refractivity contribution in [3.05, 3.63) is 62.3 Å². The van der Waals surface area contributed by atoms with Crippen LogP contribution >= 0.6 is 23.7 Å². The molecule has 6 heteroatoms. The van der Waals surface area contributed by atoms with Crippen molar-refractivity contribution in [2.45, 2.75) is 6.04 Å². The minimum absolute atomic E-state index is 0. The highest BCUT2D eigenvalue weighted by Gasteiger charge is 2.20. The van der Waals surface area contributed by atoms with Crippen LogP contribution in [0.1, 0.15) is 16.5 Å². The normalized spacial score (nSPS) is 11.6. The molecule has 1 aromatic carbocycles. The van der Waals surface area contributed by atoms with Gasteiger partial charge in [0.05, 0.1) is 16.5 Å². The van der Waals surface area contributed by atoms with E-state index in [4.69, 9.17) is 5.73 Å². The van der Waals surface area contributed by atoms with E-state index in [1.807, 2.05) is 17.5 Å². The van der Waals surface area contributed by atoms with Gasteiger partial charge < -0.3 is 5.73 Å². The number of nitrogens with two attached hydrogens (primary N) is 1. The summed E-state index contributed by atoms with van der Waals surface area (Å²) in [5.41, 5.74) is 6.63. The van der Waals surface area contributed by atoms with Crippen molar-refractivity contribution in [3.63, 3.8) is 0 Å². The van der Waals surface area contributed by atoms with Crippen LogP contribution in [-0.4, -0.2) is 4.92 Å². The number of para-hydroxylation sites is 1. The first-order chi connectivity index (χ1) is 7.70. The Morgan fingerprint density at radius 2 is 1.94 bits per heavy atom. The van der Waals surface area contributed by atoms with E-state index in [0.29, 0.717) is 5.56 Å². The largest absolute Gasteiger partial charge is 0.319 e. The summed E-state index contributed by atoms with van der Waals surface area (Å²) >= 11 is 1.50. The van der Waals surface area contributed by atoms with Crippen LogP contribution in [0.2, 0.25) is 0 Å². The molecule has 0 saturated heterocycles. The van der Waals surface area contributed by atoms with Gasteiger partial charge in [-0.3, -0.25) is 10.1 Å². The first-order valence-electron chi connectivity index (χ1n) is 4.72. The lowest BCUT2D eigenvalue weighted by atomic mass is 10.0. The summed E-state index contributed by atoms with van der Waals surface area (Å²) in [6, 6.07) is 9.91. The summed E-state index contributed by atoms with van der Waals surface area (Å²) in [4.78, 5) is 11.4. The number of benzene rings is 1. The molecule has 0 bridgehead atoms. The van der Waals surface area contributed by atoms with Crippen molar-refractivity contribution in [2.75, 3.05) is 0 Å². The Labute approximate surface area is 109 Å². The third-order valence-corrected chi connectivity index (χ3v) is 3.27. The Morgan fingerprint density at radius 1 is 1.24 bits per heavy atom. The number of nitro groups is 1. The standard InChI is InChI=1S/C11H10N2O2S.ClH/c12-11(10-6-3-7-16-10)8-4-1-2-5-9(8)13(14)15;/h1-7,11H,12H2;1H/t11-;/m1./s1. The molecule has 0 unspecified atom stereocenters. The monoisotopic (exact) mass is 270 g/mol. The highest BCUT2D eigenvalue weighted by molar-refractivity contribution is 7.10. The molecule has 0 saturated carbocycles. The molecule has 17 heavy (non-hydrogen) atoms. The van der Waals surface area contributed by atoms with E-state index in [0.717, 1.165) is 4.88 Å². The van der Waals surface area contributed by atoms with Gasteiger partial charge in [-0.2, -0.15) is 0 Å². The summed E-state index contributed by atoms with van der Waals surface area (Å²) in [5.74, 6) is 0. The summed E-state index contributed by atoms with van der Waals surface area (Å²) in [7, 11) is 0. The zero-order valence-electron chi connectivity index (χ0n) is 8.78. The summed E-state index contributed by atoms with van der Waals surface area (Å²) in [5, 5.41) is 12.8. The van der Waals surface area contributed by atoms with E-state index < -0.39 is 11.0 Å². The van der Waals surface area contributed by atoms with E-state index in [1.54, 1.807) is 18.2 Å². The lowest BCUT2D eigenvalue weighted by Crippen LogP contribution is -2.12. The smallest absolute Gasteiger partial charge is 0.274 e. The van der Waals surface area contributed by atoms with Gasteiger partial charge in [0.15, 0.2) is 0 Å². The Bertz CT molecular complexity index is 502. The maximum Gasteiger partial charge on any atom is 0.274 e. The first kappa shape index (κ1) is 13.6. The third-order valence-electron chi connectivity index (χ3n) is 2.32. The third kappa shape index (κ3) is 2.82. The van der Waals surface area contributed by atoms with Gasteiger partial charge in [0, 0.05) is 10.9 Å². The summed E-state index contributed by atoms with van der Waals surface area (Å²) in [6.45, 7) is 0. The first-order valence-corrected chi connectivity index (χ1v) is 5.60. The fourth-order valence-corrected chi connectivity index (χ4v) is 2.28. The fourth-order valence-electron chi connectivity index (χ4n) is 1.54. The number of nitro benzene ring substituents is 1. The molecule has 0 amide bonds. The second kappa shape index (κ2) is 5.77. The van der Waals surface area contributed by atoms with Crippen LogP contribution in [0.5, 0.6) is 0 Å². The minimum Gasteiger partial charge on any atom is -0.319 e. The van der Waals surface area contributed by atoms with Crippen molar-refractivity contribution < 1.29 is 4.92 Å². The van der Waals surface area contributed by atoms with Gasteiger partial charge >= 0.3 is 0 Å². The molecule has 4 nitrogen and oxygen atoms in total. The number of thiophene rings is 1. The second-order valence-corrected chi connectivity index (χ2v) is 4.29. The molecule has 0 fully saturated rings. The summed E-state index contributed by atoms with van der Waals surface area (Å²) < 4.78 is 0. The topological polar surface area (TPSA) is 69.2 Å². The highest BCUT2D eigenvalue weighted by Crippen LogP contribution is 2.29. The predicted octanol–water partition coefficient (Wildman–Crippen LogP) is 3.13. The highest BCUT2D eigenvalue weighted by atomic mass is 35.5. The zero-order valence-corrected chi connectivity index (χ0v) is 10.4. The molecule has 2 rings (SSSR count). The van der Waals surface area contributed by atoms with Gasteiger partial charge in [-0.05, 0) is 11.4 Å². The van der Waals surface area contributed by atoms with E-state index in [-0.39, 0.29) is 18.1 Å². The van der Waals surface area contributed by atoms with Crippen LogP contribution in [0.3, 0.4) is 0 Å². The predicted molar refractivity (Wildman–Crippen MR) is 70.7 cm³/mol. The Kier molecular flexibility index (Phi) is 4.62.